The molecule has 1 aliphatic rings. The van der Waals surface area contributed by atoms with Gasteiger partial charge in [0.15, 0.2) is 0 Å². The van der Waals surface area contributed by atoms with E-state index >= 15 is 0 Å². The number of carboxylic acids is 1. The first kappa shape index (κ1) is 9.03. The van der Waals surface area contributed by atoms with Crippen molar-refractivity contribution in [1.29, 1.82) is 0 Å². The Morgan fingerprint density at radius 2 is 2.17 bits per heavy atom. The van der Waals surface area contributed by atoms with Gasteiger partial charge in [-0.2, -0.15) is 0 Å². The minimum atomic E-state index is -0.800. The molecule has 4 heteroatoms. The molecule has 1 atom stereocenters. The third-order valence-corrected chi connectivity index (χ3v) is 2.08. The number of carbonyl (C=O) groups is 2. The predicted octanol–water partition coefficient (Wildman–Crippen LogP) is 0.233. The minimum absolute atomic E-state index is 0.165. The fourth-order valence-electron chi connectivity index (χ4n) is 1.21. The second kappa shape index (κ2) is 3.56. The lowest BCUT2D eigenvalue weighted by Crippen LogP contribution is -2.32. The molecule has 1 unspecified atom stereocenters. The summed E-state index contributed by atoms with van der Waals surface area (Å²) in [6.45, 7) is 1.67. The number of carbonyl (C=O) groups excluding carboxylic acids is 1. The van der Waals surface area contributed by atoms with Gasteiger partial charge in [0.05, 0.1) is 5.92 Å². The summed E-state index contributed by atoms with van der Waals surface area (Å²) >= 11 is 0. The summed E-state index contributed by atoms with van der Waals surface area (Å²) in [5, 5.41) is 11.3. The Bertz CT molecular complexity index is 198. The molecule has 1 aliphatic carbocycles. The van der Waals surface area contributed by atoms with Crippen molar-refractivity contribution in [2.45, 2.75) is 19.8 Å². The van der Waals surface area contributed by atoms with E-state index in [9.17, 15) is 9.59 Å². The molecule has 1 saturated carbocycles. The largest absolute Gasteiger partial charge is 0.481 e. The van der Waals surface area contributed by atoms with Gasteiger partial charge in [-0.25, -0.2) is 0 Å². The summed E-state index contributed by atoms with van der Waals surface area (Å²) in [5.74, 6) is -1.06. The van der Waals surface area contributed by atoms with E-state index in [4.69, 9.17) is 5.11 Å². The van der Waals surface area contributed by atoms with Gasteiger partial charge in [-0.3, -0.25) is 9.59 Å². The number of rotatable bonds is 4. The first-order valence-electron chi connectivity index (χ1n) is 4.08. The van der Waals surface area contributed by atoms with E-state index in [0.29, 0.717) is 0 Å². The van der Waals surface area contributed by atoms with Gasteiger partial charge in [0.2, 0.25) is 5.91 Å². The van der Waals surface area contributed by atoms with Crippen LogP contribution in [0.4, 0.5) is 0 Å². The van der Waals surface area contributed by atoms with Crippen molar-refractivity contribution in [1.82, 2.24) is 5.32 Å². The zero-order valence-electron chi connectivity index (χ0n) is 7.04. The molecule has 0 aromatic carbocycles. The number of amides is 1. The number of hydrogen-bond acceptors (Lipinski definition) is 2. The molecule has 12 heavy (non-hydrogen) atoms. The molecule has 1 rings (SSSR count). The second-order valence-corrected chi connectivity index (χ2v) is 3.22. The van der Waals surface area contributed by atoms with Crippen molar-refractivity contribution in [3.05, 3.63) is 0 Å². The van der Waals surface area contributed by atoms with E-state index < -0.39 is 5.97 Å². The quantitative estimate of drug-likeness (QED) is 0.636. The van der Waals surface area contributed by atoms with Gasteiger partial charge in [0, 0.05) is 13.5 Å². The molecule has 1 amide bonds. The number of nitrogens with one attached hydrogen (secondary N) is 1. The molecule has 0 heterocycles. The topological polar surface area (TPSA) is 66.4 Å². The normalized spacial score (nSPS) is 18.4. The van der Waals surface area contributed by atoms with Crippen LogP contribution in [0.3, 0.4) is 0 Å². The molecule has 68 valence electrons. The van der Waals surface area contributed by atoms with Gasteiger partial charge in [0.25, 0.3) is 0 Å². The van der Waals surface area contributed by atoms with Gasteiger partial charge < -0.3 is 10.4 Å². The van der Waals surface area contributed by atoms with Crippen LogP contribution in [-0.2, 0) is 9.59 Å². The standard InChI is InChI=1S/C8H13NO3/c1-5(10)9-4-7(8(11)12)6-2-3-6/h6-7H,2-4H2,1H3,(H,9,10)(H,11,12). The van der Waals surface area contributed by atoms with E-state index in [0.717, 1.165) is 12.8 Å². The fourth-order valence-corrected chi connectivity index (χ4v) is 1.21. The van der Waals surface area contributed by atoms with Crippen LogP contribution in [0.25, 0.3) is 0 Å². The van der Waals surface area contributed by atoms with Crippen LogP contribution in [0.5, 0.6) is 0 Å². The van der Waals surface area contributed by atoms with Crippen LogP contribution in [-0.4, -0.2) is 23.5 Å². The maximum Gasteiger partial charge on any atom is 0.308 e. The number of hydrogen-bond donors (Lipinski definition) is 2. The maximum absolute atomic E-state index is 10.6. The van der Waals surface area contributed by atoms with Crippen molar-refractivity contribution in [3.63, 3.8) is 0 Å². The highest BCUT2D eigenvalue weighted by Crippen LogP contribution is 2.36. The molecule has 1 fully saturated rings. The lowest BCUT2D eigenvalue weighted by molar-refractivity contribution is -0.142. The molecule has 0 aromatic rings. The zero-order valence-corrected chi connectivity index (χ0v) is 7.04. The fraction of sp³-hybridized carbons (Fsp3) is 0.750. The summed E-state index contributed by atoms with van der Waals surface area (Å²) < 4.78 is 0. The van der Waals surface area contributed by atoms with Crippen LogP contribution in [0.1, 0.15) is 19.8 Å². The molecule has 4 nitrogen and oxygen atoms in total. The van der Waals surface area contributed by atoms with Crippen LogP contribution < -0.4 is 5.32 Å². The Kier molecular flexibility index (Phi) is 2.68. The van der Waals surface area contributed by atoms with Gasteiger partial charge in [-0.15, -0.1) is 0 Å². The molecular weight excluding hydrogens is 158 g/mol. The Balaban J connectivity index is 2.33. The summed E-state index contributed by atoms with van der Waals surface area (Å²) in [6.07, 6.45) is 1.97. The molecule has 0 aliphatic heterocycles. The summed E-state index contributed by atoms with van der Waals surface area (Å²) in [7, 11) is 0. The Labute approximate surface area is 71.0 Å². The summed E-state index contributed by atoms with van der Waals surface area (Å²) in [5.41, 5.74) is 0. The highest BCUT2D eigenvalue weighted by atomic mass is 16.4. The van der Waals surface area contributed by atoms with E-state index in [1.807, 2.05) is 0 Å². The summed E-state index contributed by atoms with van der Waals surface area (Å²) in [4.78, 5) is 21.2. The van der Waals surface area contributed by atoms with Crippen LogP contribution >= 0.6 is 0 Å². The average molecular weight is 171 g/mol. The van der Waals surface area contributed by atoms with E-state index in [2.05, 4.69) is 5.32 Å². The third kappa shape index (κ3) is 2.53. The maximum atomic E-state index is 10.6. The van der Waals surface area contributed by atoms with Gasteiger partial charge in [0.1, 0.15) is 0 Å². The van der Waals surface area contributed by atoms with Gasteiger partial charge in [-0.1, -0.05) is 0 Å². The Hall–Kier alpha value is -1.06. The molecular formula is C8H13NO3. The van der Waals surface area contributed by atoms with E-state index in [1.54, 1.807) is 0 Å². The van der Waals surface area contributed by atoms with Crippen molar-refractivity contribution in [2.75, 3.05) is 6.54 Å². The van der Waals surface area contributed by atoms with Crippen LogP contribution in [0.15, 0.2) is 0 Å². The van der Waals surface area contributed by atoms with Crippen molar-refractivity contribution in [2.24, 2.45) is 11.8 Å². The Morgan fingerprint density at radius 3 is 2.50 bits per heavy atom. The van der Waals surface area contributed by atoms with Gasteiger partial charge >= 0.3 is 5.97 Å². The predicted molar refractivity (Wildman–Crippen MR) is 42.5 cm³/mol. The molecule has 0 aromatic heterocycles. The SMILES string of the molecule is CC(=O)NCC(C(=O)O)C1CC1. The molecule has 2 N–H and O–H groups in total. The molecule has 0 spiro atoms. The molecule has 0 bridgehead atoms. The second-order valence-electron chi connectivity index (χ2n) is 3.22. The smallest absolute Gasteiger partial charge is 0.308 e. The monoisotopic (exact) mass is 171 g/mol. The number of aliphatic carboxylic acids is 1. The first-order chi connectivity index (χ1) is 5.61. The van der Waals surface area contributed by atoms with E-state index in [1.165, 1.54) is 6.92 Å². The van der Waals surface area contributed by atoms with Crippen LogP contribution in [0, 0.1) is 11.8 Å². The van der Waals surface area contributed by atoms with E-state index in [-0.39, 0.29) is 24.3 Å². The summed E-state index contributed by atoms with van der Waals surface area (Å²) in [6, 6.07) is 0. The first-order valence-corrected chi connectivity index (χ1v) is 4.08. The molecule has 0 saturated heterocycles. The van der Waals surface area contributed by atoms with Gasteiger partial charge in [-0.05, 0) is 18.8 Å². The zero-order chi connectivity index (χ0) is 9.14. The molecule has 0 radical (unpaired) electrons. The third-order valence-electron chi connectivity index (χ3n) is 2.08. The Morgan fingerprint density at radius 1 is 1.58 bits per heavy atom. The minimum Gasteiger partial charge on any atom is -0.481 e. The highest BCUT2D eigenvalue weighted by molar-refractivity contribution is 5.75. The number of carboxylic acid groups (broad SMARTS) is 1. The van der Waals surface area contributed by atoms with Crippen molar-refractivity contribution >= 4 is 11.9 Å². The lowest BCUT2D eigenvalue weighted by atomic mass is 10.0. The lowest BCUT2D eigenvalue weighted by Gasteiger charge is -2.10. The average Bonchev–Trinajstić information content (AvgIpc) is 2.69. The van der Waals surface area contributed by atoms with Crippen LogP contribution in [0.2, 0.25) is 0 Å². The highest BCUT2D eigenvalue weighted by Gasteiger charge is 2.35. The van der Waals surface area contributed by atoms with Crippen molar-refractivity contribution in [3.8, 4) is 0 Å². The van der Waals surface area contributed by atoms with Crippen molar-refractivity contribution < 1.29 is 14.7 Å².